The number of anilines is 1. The zero-order valence-corrected chi connectivity index (χ0v) is 12.1. The Bertz CT molecular complexity index is 443. The van der Waals surface area contributed by atoms with Crippen molar-refractivity contribution < 1.29 is 0 Å². The molecule has 1 saturated carbocycles. The first-order chi connectivity index (χ1) is 9.17. The quantitative estimate of drug-likeness (QED) is 0.907. The van der Waals surface area contributed by atoms with E-state index in [-0.39, 0.29) is 0 Å². The van der Waals surface area contributed by atoms with Crippen molar-refractivity contribution in [2.75, 3.05) is 18.0 Å². The average molecular weight is 259 g/mol. The molecule has 0 spiro atoms. The van der Waals surface area contributed by atoms with Crippen molar-refractivity contribution in [2.24, 2.45) is 17.6 Å². The van der Waals surface area contributed by atoms with Gasteiger partial charge in [-0.25, -0.2) is 4.98 Å². The van der Waals surface area contributed by atoms with Crippen LogP contribution in [0.2, 0.25) is 0 Å². The molecule has 2 atom stereocenters. The Balaban J connectivity index is 1.86. The van der Waals surface area contributed by atoms with E-state index in [1.165, 1.54) is 43.6 Å². The van der Waals surface area contributed by atoms with Crippen LogP contribution in [0.1, 0.15) is 50.3 Å². The summed E-state index contributed by atoms with van der Waals surface area (Å²) in [5, 5.41) is 0. The number of pyridine rings is 1. The predicted octanol–water partition coefficient (Wildman–Crippen LogP) is 2.90. The normalized spacial score (nSPS) is 26.2. The maximum absolute atomic E-state index is 5.83. The Morgan fingerprint density at radius 1 is 1.26 bits per heavy atom. The zero-order chi connectivity index (χ0) is 13.4. The molecule has 3 rings (SSSR count). The monoisotopic (exact) mass is 259 g/mol. The summed E-state index contributed by atoms with van der Waals surface area (Å²) in [6.07, 6.45) is 4.25. The summed E-state index contributed by atoms with van der Waals surface area (Å²) in [4.78, 5) is 7.35. The second-order valence-corrected chi connectivity index (χ2v) is 6.47. The number of hydrogen-bond donors (Lipinski definition) is 1. The van der Waals surface area contributed by atoms with Crippen LogP contribution in [-0.2, 0) is 6.54 Å². The summed E-state index contributed by atoms with van der Waals surface area (Å²) in [6, 6.07) is 4.35. The topological polar surface area (TPSA) is 42.1 Å². The minimum Gasteiger partial charge on any atom is -0.356 e. The van der Waals surface area contributed by atoms with Gasteiger partial charge in [0.2, 0.25) is 0 Å². The molecule has 2 aliphatic rings. The number of fused-ring (bicyclic) bond motifs is 1. The van der Waals surface area contributed by atoms with E-state index in [0.717, 1.165) is 17.7 Å². The second-order valence-electron chi connectivity index (χ2n) is 6.47. The Morgan fingerprint density at radius 2 is 1.95 bits per heavy atom. The summed E-state index contributed by atoms with van der Waals surface area (Å²) in [5.74, 6) is 3.44. The fourth-order valence-corrected chi connectivity index (χ4v) is 3.59. The first-order valence-corrected chi connectivity index (χ1v) is 7.63. The van der Waals surface area contributed by atoms with Crippen molar-refractivity contribution in [1.82, 2.24) is 4.98 Å². The zero-order valence-electron chi connectivity index (χ0n) is 12.1. The highest BCUT2D eigenvalue weighted by atomic mass is 15.2. The number of nitrogens with two attached hydrogens (primary N) is 1. The van der Waals surface area contributed by atoms with Crippen LogP contribution in [0.3, 0.4) is 0 Å². The van der Waals surface area contributed by atoms with E-state index in [1.807, 2.05) is 0 Å². The molecule has 1 saturated heterocycles. The van der Waals surface area contributed by atoms with Crippen LogP contribution in [0.25, 0.3) is 0 Å². The predicted molar refractivity (Wildman–Crippen MR) is 79.3 cm³/mol. The molecule has 2 N–H and O–H groups in total. The molecule has 1 aromatic rings. The molecular formula is C16H25N3. The van der Waals surface area contributed by atoms with Gasteiger partial charge in [-0.2, -0.15) is 0 Å². The summed E-state index contributed by atoms with van der Waals surface area (Å²) < 4.78 is 0. The van der Waals surface area contributed by atoms with Gasteiger partial charge in [-0.15, -0.1) is 0 Å². The molecule has 3 nitrogen and oxygen atoms in total. The minimum atomic E-state index is 0.465. The fraction of sp³-hybridized carbons (Fsp3) is 0.688. The summed E-state index contributed by atoms with van der Waals surface area (Å²) in [6.45, 7) is 7.40. The highest BCUT2D eigenvalue weighted by molar-refractivity contribution is 5.45. The summed E-state index contributed by atoms with van der Waals surface area (Å²) in [5.41, 5.74) is 8.22. The molecule has 0 amide bonds. The molecule has 104 valence electrons. The van der Waals surface area contributed by atoms with E-state index >= 15 is 0 Å². The van der Waals surface area contributed by atoms with E-state index in [0.29, 0.717) is 12.5 Å². The molecule has 0 bridgehead atoms. The summed E-state index contributed by atoms with van der Waals surface area (Å²) in [7, 11) is 0. The van der Waals surface area contributed by atoms with E-state index in [2.05, 4.69) is 30.9 Å². The van der Waals surface area contributed by atoms with Crippen LogP contribution in [0.15, 0.2) is 12.1 Å². The van der Waals surface area contributed by atoms with Crippen molar-refractivity contribution in [3.05, 3.63) is 23.4 Å². The standard InChI is InChI=1S/C16H25N3/c1-11(2)15-6-12(8-17)7-16(18-15)19-9-13-4-3-5-14(13)10-19/h6-7,11,13-14H,3-5,8-10,17H2,1-2H3. The molecule has 0 radical (unpaired) electrons. The van der Waals surface area contributed by atoms with Gasteiger partial charge in [-0.3, -0.25) is 0 Å². The lowest BCUT2D eigenvalue weighted by Crippen LogP contribution is -2.22. The lowest BCUT2D eigenvalue weighted by atomic mass is 10.0. The van der Waals surface area contributed by atoms with Crippen LogP contribution in [0.5, 0.6) is 0 Å². The van der Waals surface area contributed by atoms with E-state index in [1.54, 1.807) is 0 Å². The molecule has 3 heteroatoms. The number of rotatable bonds is 3. The molecule has 2 unspecified atom stereocenters. The maximum Gasteiger partial charge on any atom is 0.129 e. The van der Waals surface area contributed by atoms with Crippen LogP contribution in [-0.4, -0.2) is 18.1 Å². The average Bonchev–Trinajstić information content (AvgIpc) is 2.98. The molecule has 1 aromatic heterocycles. The molecular weight excluding hydrogens is 234 g/mol. The van der Waals surface area contributed by atoms with Gasteiger partial charge in [-0.1, -0.05) is 20.3 Å². The Morgan fingerprint density at radius 3 is 2.53 bits per heavy atom. The van der Waals surface area contributed by atoms with Crippen molar-refractivity contribution >= 4 is 5.82 Å². The first kappa shape index (κ1) is 12.9. The fourth-order valence-electron chi connectivity index (χ4n) is 3.59. The molecule has 0 aromatic carbocycles. The third kappa shape index (κ3) is 2.48. The lowest BCUT2D eigenvalue weighted by Gasteiger charge is -2.21. The van der Waals surface area contributed by atoms with Crippen LogP contribution < -0.4 is 10.6 Å². The van der Waals surface area contributed by atoms with Crippen molar-refractivity contribution in [2.45, 2.75) is 45.6 Å². The van der Waals surface area contributed by atoms with Crippen LogP contribution in [0, 0.1) is 11.8 Å². The van der Waals surface area contributed by atoms with Crippen molar-refractivity contribution in [1.29, 1.82) is 0 Å². The van der Waals surface area contributed by atoms with Gasteiger partial charge in [0, 0.05) is 25.3 Å². The molecule has 1 aliphatic carbocycles. The molecule has 2 heterocycles. The van der Waals surface area contributed by atoms with Gasteiger partial charge in [-0.05, 0) is 48.3 Å². The highest BCUT2D eigenvalue weighted by Crippen LogP contribution is 2.39. The largest absolute Gasteiger partial charge is 0.356 e. The van der Waals surface area contributed by atoms with Gasteiger partial charge < -0.3 is 10.6 Å². The van der Waals surface area contributed by atoms with Gasteiger partial charge in [0.25, 0.3) is 0 Å². The molecule has 2 fully saturated rings. The third-order valence-corrected chi connectivity index (χ3v) is 4.77. The summed E-state index contributed by atoms with van der Waals surface area (Å²) >= 11 is 0. The van der Waals surface area contributed by atoms with E-state index in [9.17, 15) is 0 Å². The SMILES string of the molecule is CC(C)c1cc(CN)cc(N2CC3CCCC3C2)n1. The first-order valence-electron chi connectivity index (χ1n) is 7.63. The van der Waals surface area contributed by atoms with Crippen molar-refractivity contribution in [3.63, 3.8) is 0 Å². The smallest absolute Gasteiger partial charge is 0.129 e. The van der Waals surface area contributed by atoms with Gasteiger partial charge in [0.05, 0.1) is 0 Å². The Kier molecular flexibility index (Phi) is 3.48. The molecule has 19 heavy (non-hydrogen) atoms. The lowest BCUT2D eigenvalue weighted by molar-refractivity contribution is 0.494. The Hall–Kier alpha value is -1.09. The molecule has 1 aliphatic heterocycles. The van der Waals surface area contributed by atoms with E-state index < -0.39 is 0 Å². The number of aromatic nitrogens is 1. The maximum atomic E-state index is 5.83. The third-order valence-electron chi connectivity index (χ3n) is 4.77. The number of hydrogen-bond acceptors (Lipinski definition) is 3. The van der Waals surface area contributed by atoms with E-state index in [4.69, 9.17) is 10.7 Å². The minimum absolute atomic E-state index is 0.465. The van der Waals surface area contributed by atoms with Gasteiger partial charge in [0.1, 0.15) is 5.82 Å². The second kappa shape index (κ2) is 5.12. The number of nitrogens with zero attached hydrogens (tertiary/aromatic N) is 2. The Labute approximate surface area is 116 Å². The van der Waals surface area contributed by atoms with Gasteiger partial charge in [0.15, 0.2) is 0 Å². The van der Waals surface area contributed by atoms with Gasteiger partial charge >= 0.3 is 0 Å². The van der Waals surface area contributed by atoms with Crippen LogP contribution in [0.4, 0.5) is 5.82 Å². The van der Waals surface area contributed by atoms with Crippen molar-refractivity contribution in [3.8, 4) is 0 Å². The highest BCUT2D eigenvalue weighted by Gasteiger charge is 2.36. The van der Waals surface area contributed by atoms with Crippen LogP contribution >= 0.6 is 0 Å².